The van der Waals surface area contributed by atoms with Gasteiger partial charge >= 0.3 is 0 Å². The van der Waals surface area contributed by atoms with Gasteiger partial charge in [0.15, 0.2) is 0 Å². The molecule has 18 heavy (non-hydrogen) atoms. The zero-order valence-electron chi connectivity index (χ0n) is 9.96. The fourth-order valence-corrected chi connectivity index (χ4v) is 1.90. The third-order valence-electron chi connectivity index (χ3n) is 2.80. The van der Waals surface area contributed by atoms with Gasteiger partial charge in [0, 0.05) is 11.8 Å². The molecule has 1 aromatic carbocycles. The van der Waals surface area contributed by atoms with Crippen LogP contribution in [0.5, 0.6) is 0 Å². The highest BCUT2D eigenvalue weighted by molar-refractivity contribution is 5.74. The van der Waals surface area contributed by atoms with Crippen molar-refractivity contribution in [3.05, 3.63) is 48.4 Å². The summed E-state index contributed by atoms with van der Waals surface area (Å²) in [7, 11) is 0. The second-order valence-electron chi connectivity index (χ2n) is 4.21. The number of nitrogen functional groups attached to an aromatic ring is 1. The number of benzene rings is 1. The van der Waals surface area contributed by atoms with E-state index in [-0.39, 0.29) is 0 Å². The fourth-order valence-electron chi connectivity index (χ4n) is 1.90. The summed E-state index contributed by atoms with van der Waals surface area (Å²) in [6.07, 6.45) is 5.54. The van der Waals surface area contributed by atoms with Crippen molar-refractivity contribution < 1.29 is 0 Å². The summed E-state index contributed by atoms with van der Waals surface area (Å²) in [5.41, 5.74) is 9.88. The minimum Gasteiger partial charge on any atom is -0.384 e. The van der Waals surface area contributed by atoms with Crippen LogP contribution in [0.25, 0.3) is 16.8 Å². The van der Waals surface area contributed by atoms with Gasteiger partial charge in [-0.3, -0.25) is 5.10 Å². The van der Waals surface area contributed by atoms with Gasteiger partial charge in [-0.25, -0.2) is 4.68 Å². The maximum Gasteiger partial charge on any atom is 0.126 e. The highest BCUT2D eigenvalue weighted by Gasteiger charge is 2.06. The molecule has 3 N–H and O–H groups in total. The topological polar surface area (TPSA) is 72.5 Å². The minimum absolute atomic E-state index is 0.573. The highest BCUT2D eigenvalue weighted by atomic mass is 15.3. The van der Waals surface area contributed by atoms with Gasteiger partial charge in [0.25, 0.3) is 0 Å². The summed E-state index contributed by atoms with van der Waals surface area (Å²) < 4.78 is 1.84. The first-order valence-electron chi connectivity index (χ1n) is 5.65. The minimum atomic E-state index is 0.573. The number of aryl methyl sites for hydroxylation is 1. The SMILES string of the molecule is Cc1cnn(-c2cccc(-c3cn[nH]c3N)c2)c1. The molecule has 5 nitrogen and oxygen atoms in total. The molecule has 90 valence electrons. The first-order valence-corrected chi connectivity index (χ1v) is 5.65. The number of nitrogens with one attached hydrogen (secondary N) is 1. The monoisotopic (exact) mass is 239 g/mol. The summed E-state index contributed by atoms with van der Waals surface area (Å²) >= 11 is 0. The Hall–Kier alpha value is -2.56. The van der Waals surface area contributed by atoms with Crippen LogP contribution in [0.1, 0.15) is 5.56 Å². The molecule has 0 atom stereocenters. The molecule has 0 aliphatic carbocycles. The van der Waals surface area contributed by atoms with Gasteiger partial charge < -0.3 is 5.73 Å². The molecule has 0 aliphatic heterocycles. The van der Waals surface area contributed by atoms with Crippen LogP contribution in [0.2, 0.25) is 0 Å². The Morgan fingerprint density at radius 3 is 2.83 bits per heavy atom. The van der Waals surface area contributed by atoms with E-state index in [9.17, 15) is 0 Å². The lowest BCUT2D eigenvalue weighted by Gasteiger charge is -2.04. The Labute approximate surface area is 104 Å². The molecule has 0 saturated heterocycles. The molecule has 0 amide bonds. The van der Waals surface area contributed by atoms with Crippen molar-refractivity contribution in [2.24, 2.45) is 0 Å². The zero-order chi connectivity index (χ0) is 12.5. The Morgan fingerprint density at radius 2 is 2.17 bits per heavy atom. The summed E-state index contributed by atoms with van der Waals surface area (Å²) in [5.74, 6) is 0.573. The van der Waals surface area contributed by atoms with Gasteiger partial charge in [-0.05, 0) is 30.2 Å². The molecular formula is C13H13N5. The van der Waals surface area contributed by atoms with Crippen LogP contribution < -0.4 is 5.73 Å². The maximum absolute atomic E-state index is 5.82. The molecule has 2 aromatic heterocycles. The van der Waals surface area contributed by atoms with Gasteiger partial charge in [-0.15, -0.1) is 0 Å². The predicted molar refractivity (Wildman–Crippen MR) is 70.3 cm³/mol. The van der Waals surface area contributed by atoms with Gasteiger partial charge in [0.05, 0.1) is 18.1 Å². The van der Waals surface area contributed by atoms with Crippen molar-refractivity contribution in [2.45, 2.75) is 6.92 Å². The van der Waals surface area contributed by atoms with Gasteiger partial charge in [0.1, 0.15) is 5.82 Å². The fraction of sp³-hybridized carbons (Fsp3) is 0.0769. The lowest BCUT2D eigenvalue weighted by atomic mass is 10.1. The van der Waals surface area contributed by atoms with Crippen LogP contribution >= 0.6 is 0 Å². The molecule has 2 heterocycles. The van der Waals surface area contributed by atoms with Crippen LogP contribution in [0.3, 0.4) is 0 Å². The van der Waals surface area contributed by atoms with Crippen molar-refractivity contribution in [1.82, 2.24) is 20.0 Å². The van der Waals surface area contributed by atoms with E-state index in [0.29, 0.717) is 5.82 Å². The standard InChI is InChI=1S/C13H13N5/c1-9-6-16-18(8-9)11-4-2-3-10(5-11)12-7-15-17-13(12)14/h2-8H,1H3,(H3,14,15,17). The van der Waals surface area contributed by atoms with Crippen molar-refractivity contribution in [3.63, 3.8) is 0 Å². The summed E-state index contributed by atoms with van der Waals surface area (Å²) in [6.45, 7) is 2.02. The van der Waals surface area contributed by atoms with E-state index in [2.05, 4.69) is 15.3 Å². The highest BCUT2D eigenvalue weighted by Crippen LogP contribution is 2.25. The molecule has 0 fully saturated rings. The van der Waals surface area contributed by atoms with E-state index in [1.807, 2.05) is 48.3 Å². The largest absolute Gasteiger partial charge is 0.384 e. The third kappa shape index (κ3) is 1.75. The normalized spacial score (nSPS) is 10.7. The van der Waals surface area contributed by atoms with E-state index in [1.165, 1.54) is 0 Å². The number of H-pyrrole nitrogens is 1. The lowest BCUT2D eigenvalue weighted by molar-refractivity contribution is 0.880. The second kappa shape index (κ2) is 4.03. The number of aromatic amines is 1. The molecule has 0 radical (unpaired) electrons. The van der Waals surface area contributed by atoms with Crippen LogP contribution in [-0.2, 0) is 0 Å². The van der Waals surface area contributed by atoms with E-state index >= 15 is 0 Å². The molecule has 3 rings (SSSR count). The Morgan fingerprint density at radius 1 is 1.28 bits per heavy atom. The molecule has 5 heteroatoms. The van der Waals surface area contributed by atoms with Gasteiger partial charge in [0.2, 0.25) is 0 Å². The Kier molecular flexibility index (Phi) is 2.37. The number of nitrogens with zero attached hydrogens (tertiary/aromatic N) is 3. The number of anilines is 1. The van der Waals surface area contributed by atoms with Gasteiger partial charge in [-0.1, -0.05) is 12.1 Å². The van der Waals surface area contributed by atoms with Crippen molar-refractivity contribution in [2.75, 3.05) is 5.73 Å². The molecule has 0 bridgehead atoms. The average Bonchev–Trinajstić information content (AvgIpc) is 2.98. The summed E-state index contributed by atoms with van der Waals surface area (Å²) in [6, 6.07) is 8.02. The average molecular weight is 239 g/mol. The lowest BCUT2D eigenvalue weighted by Crippen LogP contribution is -1.94. The molecule has 3 aromatic rings. The second-order valence-corrected chi connectivity index (χ2v) is 4.21. The number of nitrogens with two attached hydrogens (primary N) is 1. The quantitative estimate of drug-likeness (QED) is 0.719. The van der Waals surface area contributed by atoms with E-state index < -0.39 is 0 Å². The Balaban J connectivity index is 2.07. The van der Waals surface area contributed by atoms with E-state index in [4.69, 9.17) is 5.73 Å². The summed E-state index contributed by atoms with van der Waals surface area (Å²) in [5, 5.41) is 11.0. The van der Waals surface area contributed by atoms with E-state index in [1.54, 1.807) is 6.20 Å². The smallest absolute Gasteiger partial charge is 0.126 e. The predicted octanol–water partition coefficient (Wildman–Crippen LogP) is 2.15. The third-order valence-corrected chi connectivity index (χ3v) is 2.80. The number of aromatic nitrogens is 4. The van der Waals surface area contributed by atoms with Crippen LogP contribution in [0.15, 0.2) is 42.9 Å². The van der Waals surface area contributed by atoms with Crippen LogP contribution in [-0.4, -0.2) is 20.0 Å². The zero-order valence-corrected chi connectivity index (χ0v) is 9.96. The number of rotatable bonds is 2. The summed E-state index contributed by atoms with van der Waals surface area (Å²) in [4.78, 5) is 0. The first kappa shape index (κ1) is 10.6. The molecular weight excluding hydrogens is 226 g/mol. The van der Waals surface area contributed by atoms with Crippen molar-refractivity contribution >= 4 is 5.82 Å². The van der Waals surface area contributed by atoms with Gasteiger partial charge in [-0.2, -0.15) is 10.2 Å². The van der Waals surface area contributed by atoms with Crippen LogP contribution in [0.4, 0.5) is 5.82 Å². The maximum atomic E-state index is 5.82. The Bertz CT molecular complexity index is 680. The molecule has 0 saturated carbocycles. The number of hydrogen-bond acceptors (Lipinski definition) is 3. The first-order chi connectivity index (χ1) is 8.74. The molecule has 0 aliphatic rings. The van der Waals surface area contributed by atoms with Crippen LogP contribution in [0, 0.1) is 6.92 Å². The molecule has 0 spiro atoms. The molecule has 0 unspecified atom stereocenters. The number of hydrogen-bond donors (Lipinski definition) is 2. The van der Waals surface area contributed by atoms with Crippen molar-refractivity contribution in [1.29, 1.82) is 0 Å². The van der Waals surface area contributed by atoms with Crippen molar-refractivity contribution in [3.8, 4) is 16.8 Å². The van der Waals surface area contributed by atoms with E-state index in [0.717, 1.165) is 22.4 Å².